The van der Waals surface area contributed by atoms with Crippen molar-refractivity contribution in [2.45, 2.75) is 38.6 Å². The second kappa shape index (κ2) is 11.4. The lowest BCUT2D eigenvalue weighted by molar-refractivity contribution is -0.114. The first-order valence-electron chi connectivity index (χ1n) is 9.76. The zero-order valence-corrected chi connectivity index (χ0v) is 18.7. The van der Waals surface area contributed by atoms with Crippen molar-refractivity contribution in [2.75, 3.05) is 25.0 Å². The van der Waals surface area contributed by atoms with Gasteiger partial charge < -0.3 is 19.9 Å². The maximum atomic E-state index is 11.4. The molecule has 1 amide bonds. The highest BCUT2D eigenvalue weighted by Crippen LogP contribution is 2.26. The van der Waals surface area contributed by atoms with E-state index in [0.29, 0.717) is 23.0 Å². The van der Waals surface area contributed by atoms with Crippen molar-refractivity contribution in [3.05, 3.63) is 53.6 Å². The molecular formula is C22H28Cl2N2O4. The molecule has 30 heavy (non-hydrogen) atoms. The minimum absolute atomic E-state index is 0. The summed E-state index contributed by atoms with van der Waals surface area (Å²) in [5.41, 5.74) is 0.594. The minimum Gasteiger partial charge on any atom is -0.489 e. The van der Waals surface area contributed by atoms with E-state index >= 15 is 0 Å². The van der Waals surface area contributed by atoms with Crippen molar-refractivity contribution < 1.29 is 19.4 Å². The molecule has 0 radical (unpaired) electrons. The predicted molar refractivity (Wildman–Crippen MR) is 121 cm³/mol. The number of para-hydroxylation sites is 2. The van der Waals surface area contributed by atoms with Crippen LogP contribution in [0, 0.1) is 0 Å². The molecule has 8 heteroatoms. The van der Waals surface area contributed by atoms with Gasteiger partial charge in [0.1, 0.15) is 29.8 Å². The molecule has 0 spiro atoms. The van der Waals surface area contributed by atoms with Gasteiger partial charge in [0.2, 0.25) is 5.91 Å². The Hall–Kier alpha value is -1.99. The van der Waals surface area contributed by atoms with Gasteiger partial charge in [0, 0.05) is 31.6 Å². The van der Waals surface area contributed by atoms with E-state index in [1.807, 2.05) is 43.3 Å². The van der Waals surface area contributed by atoms with Gasteiger partial charge in [0.05, 0.1) is 5.69 Å². The lowest BCUT2D eigenvalue weighted by Crippen LogP contribution is -2.40. The number of aliphatic hydroxyl groups excluding tert-OH is 1. The summed E-state index contributed by atoms with van der Waals surface area (Å²) in [6, 6.07) is 14.6. The Kier molecular flexibility index (Phi) is 9.24. The number of rotatable bonds is 8. The number of likely N-dealkylation sites (tertiary alicyclic amines) is 1. The van der Waals surface area contributed by atoms with Crippen molar-refractivity contribution in [3.8, 4) is 11.5 Å². The molecule has 0 aromatic heterocycles. The Morgan fingerprint density at radius 1 is 1.27 bits per heavy atom. The quantitative estimate of drug-likeness (QED) is 0.630. The number of benzene rings is 2. The van der Waals surface area contributed by atoms with E-state index in [1.165, 1.54) is 6.92 Å². The highest BCUT2D eigenvalue weighted by molar-refractivity contribution is 6.30. The van der Waals surface area contributed by atoms with Gasteiger partial charge in [-0.15, -0.1) is 12.4 Å². The lowest BCUT2D eigenvalue weighted by atomic mass is 10.2. The number of amides is 1. The molecule has 2 N–H and O–H groups in total. The summed E-state index contributed by atoms with van der Waals surface area (Å²) in [5, 5.41) is 14.0. The Morgan fingerprint density at radius 3 is 2.67 bits per heavy atom. The number of ether oxygens (including phenoxy) is 2. The molecule has 0 bridgehead atoms. The van der Waals surface area contributed by atoms with Crippen LogP contribution in [-0.2, 0) is 4.79 Å². The van der Waals surface area contributed by atoms with E-state index in [1.54, 1.807) is 12.1 Å². The molecule has 1 saturated heterocycles. The maximum absolute atomic E-state index is 11.4. The number of carbonyl (C=O) groups excluding carboxylic acids is 1. The van der Waals surface area contributed by atoms with Gasteiger partial charge in [-0.2, -0.15) is 0 Å². The standard InChI is InChI=1S/C22H27ClN2O4.ClH/c1-15(28-22-6-4-3-5-20(22)24-16(2)26)21(27)14-25-12-11-19(13-25)29-18-9-7-17(23)8-10-18;/h3-10,15,19,21,27H,11-14H2,1-2H3,(H,24,26);1H. The average Bonchev–Trinajstić information content (AvgIpc) is 3.11. The Bertz CT molecular complexity index is 819. The number of carbonyl (C=O) groups is 1. The number of β-amino-alcohol motifs (C(OH)–C–C–N with tert-alkyl or cyclic N) is 1. The molecule has 2 aromatic carbocycles. The number of nitrogens with zero attached hydrogens (tertiary/aromatic N) is 1. The van der Waals surface area contributed by atoms with Crippen LogP contribution in [0.1, 0.15) is 20.3 Å². The average molecular weight is 455 g/mol. The van der Waals surface area contributed by atoms with Crippen LogP contribution in [0.3, 0.4) is 0 Å². The van der Waals surface area contributed by atoms with Gasteiger partial charge >= 0.3 is 0 Å². The molecule has 1 heterocycles. The number of hydrogen-bond acceptors (Lipinski definition) is 5. The van der Waals surface area contributed by atoms with Crippen LogP contribution in [0.15, 0.2) is 48.5 Å². The van der Waals surface area contributed by atoms with Crippen LogP contribution in [-0.4, -0.2) is 53.9 Å². The number of nitrogens with one attached hydrogen (secondary N) is 1. The van der Waals surface area contributed by atoms with Gasteiger partial charge in [0.15, 0.2) is 0 Å². The molecule has 6 nitrogen and oxygen atoms in total. The van der Waals surface area contributed by atoms with Gasteiger partial charge in [-0.05, 0) is 49.7 Å². The number of hydrogen-bond donors (Lipinski definition) is 2. The summed E-state index contributed by atoms with van der Waals surface area (Å²) < 4.78 is 11.9. The summed E-state index contributed by atoms with van der Waals surface area (Å²) >= 11 is 5.91. The van der Waals surface area contributed by atoms with Crippen molar-refractivity contribution in [3.63, 3.8) is 0 Å². The van der Waals surface area contributed by atoms with Crippen LogP contribution in [0.25, 0.3) is 0 Å². The Balaban J connectivity index is 0.00000320. The van der Waals surface area contributed by atoms with E-state index in [-0.39, 0.29) is 24.4 Å². The second-order valence-corrected chi connectivity index (χ2v) is 7.75. The fourth-order valence-corrected chi connectivity index (χ4v) is 3.44. The molecule has 2 aromatic rings. The lowest BCUT2D eigenvalue weighted by Gasteiger charge is -2.26. The highest BCUT2D eigenvalue weighted by atomic mass is 35.5. The first-order chi connectivity index (χ1) is 13.9. The van der Waals surface area contributed by atoms with Crippen molar-refractivity contribution >= 4 is 35.6 Å². The summed E-state index contributed by atoms with van der Waals surface area (Å²) in [5.74, 6) is 1.17. The summed E-state index contributed by atoms with van der Waals surface area (Å²) in [6.45, 7) is 5.36. The normalized spacial score (nSPS) is 18.2. The molecule has 164 valence electrons. The van der Waals surface area contributed by atoms with Crippen LogP contribution < -0.4 is 14.8 Å². The minimum atomic E-state index is -0.672. The van der Waals surface area contributed by atoms with E-state index in [9.17, 15) is 9.90 Å². The maximum Gasteiger partial charge on any atom is 0.221 e. The van der Waals surface area contributed by atoms with Gasteiger partial charge in [-0.3, -0.25) is 9.69 Å². The zero-order valence-electron chi connectivity index (χ0n) is 17.1. The third kappa shape index (κ3) is 7.06. The molecule has 1 fully saturated rings. The van der Waals surface area contributed by atoms with E-state index in [4.69, 9.17) is 21.1 Å². The number of aliphatic hydroxyl groups is 1. The van der Waals surface area contributed by atoms with Crippen LogP contribution in [0.2, 0.25) is 5.02 Å². The molecule has 3 rings (SSSR count). The molecular weight excluding hydrogens is 427 g/mol. The molecule has 3 atom stereocenters. The smallest absolute Gasteiger partial charge is 0.221 e. The first-order valence-corrected chi connectivity index (χ1v) is 10.1. The third-order valence-electron chi connectivity index (χ3n) is 4.84. The zero-order chi connectivity index (χ0) is 20.8. The highest BCUT2D eigenvalue weighted by Gasteiger charge is 2.28. The van der Waals surface area contributed by atoms with Crippen LogP contribution >= 0.6 is 24.0 Å². The predicted octanol–water partition coefficient (Wildman–Crippen LogP) is 4.00. The largest absolute Gasteiger partial charge is 0.489 e. The van der Waals surface area contributed by atoms with Gasteiger partial charge in [-0.1, -0.05) is 23.7 Å². The summed E-state index contributed by atoms with van der Waals surface area (Å²) in [6.07, 6.45) is -0.119. The van der Waals surface area contributed by atoms with Gasteiger partial charge in [0.25, 0.3) is 0 Å². The van der Waals surface area contributed by atoms with Crippen molar-refractivity contribution in [2.24, 2.45) is 0 Å². The molecule has 0 saturated carbocycles. The van der Waals surface area contributed by atoms with Crippen LogP contribution in [0.5, 0.6) is 11.5 Å². The summed E-state index contributed by atoms with van der Waals surface area (Å²) in [7, 11) is 0. The SMILES string of the molecule is CC(=O)Nc1ccccc1OC(C)C(O)CN1CCC(Oc2ccc(Cl)cc2)C1.Cl. The van der Waals surface area contributed by atoms with Crippen LogP contribution in [0.4, 0.5) is 5.69 Å². The van der Waals surface area contributed by atoms with Crippen molar-refractivity contribution in [1.29, 1.82) is 0 Å². The fourth-order valence-electron chi connectivity index (χ4n) is 3.32. The van der Waals surface area contributed by atoms with Gasteiger partial charge in [-0.25, -0.2) is 0 Å². The fraction of sp³-hybridized carbons (Fsp3) is 0.409. The molecule has 3 unspecified atom stereocenters. The number of anilines is 1. The summed E-state index contributed by atoms with van der Waals surface area (Å²) in [4.78, 5) is 13.5. The Morgan fingerprint density at radius 2 is 1.97 bits per heavy atom. The monoisotopic (exact) mass is 454 g/mol. The Labute approximate surface area is 188 Å². The van der Waals surface area contributed by atoms with Crippen molar-refractivity contribution in [1.82, 2.24) is 4.90 Å². The molecule has 1 aliphatic heterocycles. The van der Waals surface area contributed by atoms with E-state index in [0.717, 1.165) is 25.3 Å². The molecule has 0 aliphatic carbocycles. The number of halogens is 2. The third-order valence-corrected chi connectivity index (χ3v) is 5.10. The van der Waals surface area contributed by atoms with E-state index in [2.05, 4.69) is 10.2 Å². The molecule has 1 aliphatic rings. The second-order valence-electron chi connectivity index (χ2n) is 7.31. The first kappa shape index (κ1) is 24.3. The van der Waals surface area contributed by atoms with E-state index < -0.39 is 12.2 Å². The topological polar surface area (TPSA) is 71.0 Å².